The summed E-state index contributed by atoms with van der Waals surface area (Å²) in [5.74, 6) is -1.27. The molecule has 3 amide bonds. The molecule has 2 N–H and O–H groups in total. The van der Waals surface area contributed by atoms with Crippen LogP contribution < -0.4 is 5.32 Å². The number of carbonyl (C=O) groups is 4. The molecule has 2 aromatic rings. The summed E-state index contributed by atoms with van der Waals surface area (Å²) in [4.78, 5) is 51.4. The molecule has 1 heterocycles. The van der Waals surface area contributed by atoms with E-state index in [4.69, 9.17) is 23.7 Å². The lowest BCUT2D eigenvalue weighted by molar-refractivity contribution is -0.149. The smallest absolute Gasteiger partial charge is 0.329 e. The zero-order chi connectivity index (χ0) is 33.3. The Morgan fingerprint density at radius 2 is 1.43 bits per heavy atom. The normalized spacial score (nSPS) is 14.8. The molecule has 2 aliphatic rings. The minimum Gasteiger partial charge on any atom is -0.508 e. The molecule has 4 rings (SSSR count). The number of allylic oxidation sites excluding steroid dienone is 1. The van der Waals surface area contributed by atoms with Crippen LogP contribution in [-0.2, 0) is 55.9 Å². The van der Waals surface area contributed by atoms with E-state index >= 15 is 0 Å². The summed E-state index contributed by atoms with van der Waals surface area (Å²) in [6.07, 6.45) is 5.28. The predicted octanol–water partition coefficient (Wildman–Crippen LogP) is 2.63. The number of esters is 1. The topological polar surface area (TPSA) is 150 Å². The highest BCUT2D eigenvalue weighted by molar-refractivity contribution is 6.20. The molecule has 12 nitrogen and oxygen atoms in total. The average Bonchev–Trinajstić information content (AvgIpc) is 3.33. The van der Waals surface area contributed by atoms with Crippen molar-refractivity contribution in [3.05, 3.63) is 89.0 Å². The van der Waals surface area contributed by atoms with Crippen LogP contribution in [0.1, 0.15) is 30.4 Å². The second-order valence-electron chi connectivity index (χ2n) is 10.9. The van der Waals surface area contributed by atoms with Crippen LogP contribution in [0.25, 0.3) is 0 Å². The third kappa shape index (κ3) is 11.7. The molecular weight excluding hydrogens is 608 g/mol. The summed E-state index contributed by atoms with van der Waals surface area (Å²) >= 11 is 0. The van der Waals surface area contributed by atoms with E-state index in [1.807, 2.05) is 36.4 Å². The molecule has 1 aliphatic carbocycles. The largest absolute Gasteiger partial charge is 0.508 e. The molecule has 1 unspecified atom stereocenters. The number of nitrogens with zero attached hydrogens (tertiary/aromatic N) is 1. The van der Waals surface area contributed by atoms with Gasteiger partial charge in [0.15, 0.2) is 0 Å². The Morgan fingerprint density at radius 3 is 2.09 bits per heavy atom. The third-order valence-corrected chi connectivity index (χ3v) is 7.42. The van der Waals surface area contributed by atoms with Crippen molar-refractivity contribution in [3.63, 3.8) is 0 Å². The van der Waals surface area contributed by atoms with Crippen molar-refractivity contribution in [2.24, 2.45) is 0 Å². The maximum Gasteiger partial charge on any atom is 0.329 e. The lowest BCUT2D eigenvalue weighted by atomic mass is 10.00. The van der Waals surface area contributed by atoms with Gasteiger partial charge < -0.3 is 34.1 Å². The summed E-state index contributed by atoms with van der Waals surface area (Å²) < 4.78 is 27.4. The van der Waals surface area contributed by atoms with Crippen LogP contribution in [0, 0.1) is 0 Å². The number of benzene rings is 2. The average molecular weight is 651 g/mol. The lowest BCUT2D eigenvalue weighted by Crippen LogP contribution is -2.43. The molecule has 0 saturated carbocycles. The first kappa shape index (κ1) is 35.5. The predicted molar refractivity (Wildman–Crippen MR) is 170 cm³/mol. The van der Waals surface area contributed by atoms with E-state index in [1.54, 1.807) is 18.2 Å². The Kier molecular flexibility index (Phi) is 14.6. The van der Waals surface area contributed by atoms with Gasteiger partial charge in [0, 0.05) is 24.0 Å². The summed E-state index contributed by atoms with van der Waals surface area (Å²) in [6, 6.07) is 14.8. The summed E-state index contributed by atoms with van der Waals surface area (Å²) in [7, 11) is 0. The highest BCUT2D eigenvalue weighted by Gasteiger charge is 2.36. The van der Waals surface area contributed by atoms with Crippen LogP contribution in [0.3, 0.4) is 0 Å². The van der Waals surface area contributed by atoms with Crippen molar-refractivity contribution >= 4 is 23.7 Å². The van der Waals surface area contributed by atoms with E-state index in [0.29, 0.717) is 50.6 Å². The van der Waals surface area contributed by atoms with Gasteiger partial charge in [-0.15, -0.1) is 0 Å². The Labute approximate surface area is 274 Å². The maximum atomic E-state index is 12.8. The Morgan fingerprint density at radius 1 is 0.787 bits per heavy atom. The van der Waals surface area contributed by atoms with Crippen LogP contribution in [0.4, 0.5) is 0 Å². The van der Waals surface area contributed by atoms with Gasteiger partial charge in [-0.05, 0) is 36.1 Å². The number of ether oxygens (including phenoxy) is 5. The molecule has 0 bridgehead atoms. The van der Waals surface area contributed by atoms with E-state index in [-0.39, 0.29) is 69.3 Å². The van der Waals surface area contributed by atoms with Gasteiger partial charge in [-0.25, -0.2) is 4.79 Å². The van der Waals surface area contributed by atoms with Gasteiger partial charge >= 0.3 is 5.97 Å². The van der Waals surface area contributed by atoms with Crippen LogP contribution in [-0.4, -0.2) is 99.1 Å². The number of phenolic OH excluding ortho intramolecular Hbond substituents is 1. The van der Waals surface area contributed by atoms with Crippen LogP contribution in [0.2, 0.25) is 0 Å². The first-order valence-electron chi connectivity index (χ1n) is 15.8. The fourth-order valence-electron chi connectivity index (χ4n) is 4.93. The second kappa shape index (κ2) is 19.3. The van der Waals surface area contributed by atoms with Gasteiger partial charge in [0.05, 0.1) is 59.4 Å². The number of hydrogen-bond donors (Lipinski definition) is 2. The van der Waals surface area contributed by atoms with E-state index in [1.165, 1.54) is 17.0 Å². The lowest BCUT2D eigenvalue weighted by Gasteiger charge is -2.18. The summed E-state index contributed by atoms with van der Waals surface area (Å²) in [6.45, 7) is 2.70. The highest BCUT2D eigenvalue weighted by Crippen LogP contribution is 2.28. The monoisotopic (exact) mass is 650 g/mol. The van der Waals surface area contributed by atoms with Crippen molar-refractivity contribution in [1.29, 1.82) is 0 Å². The molecule has 0 saturated heterocycles. The first-order valence-corrected chi connectivity index (χ1v) is 15.8. The molecule has 0 radical (unpaired) electrons. The number of phenols is 1. The number of nitrogens with one attached hydrogen (secondary N) is 1. The third-order valence-electron chi connectivity index (χ3n) is 7.42. The van der Waals surface area contributed by atoms with E-state index in [9.17, 15) is 24.3 Å². The molecule has 47 heavy (non-hydrogen) atoms. The molecule has 0 aromatic heterocycles. The summed E-state index contributed by atoms with van der Waals surface area (Å²) in [5, 5.41) is 12.3. The fraction of sp³-hybridized carbons (Fsp3) is 0.429. The van der Waals surface area contributed by atoms with E-state index in [2.05, 4.69) is 5.32 Å². The quantitative estimate of drug-likeness (QED) is 0.117. The van der Waals surface area contributed by atoms with Gasteiger partial charge in [0.25, 0.3) is 11.8 Å². The summed E-state index contributed by atoms with van der Waals surface area (Å²) in [5.41, 5.74) is 2.70. The maximum absolute atomic E-state index is 12.8. The Bertz CT molecular complexity index is 1390. The number of aromatic hydroxyl groups is 1. The van der Waals surface area contributed by atoms with Gasteiger partial charge in [0.1, 0.15) is 18.4 Å². The molecule has 1 atom stereocenters. The minimum absolute atomic E-state index is 0.0527. The van der Waals surface area contributed by atoms with Crippen LogP contribution in [0.5, 0.6) is 5.75 Å². The second-order valence-corrected chi connectivity index (χ2v) is 10.9. The Balaban J connectivity index is 1.01. The number of hydrogen-bond acceptors (Lipinski definition) is 10. The number of carbonyl (C=O) groups excluding carboxylic acids is 4. The minimum atomic E-state index is -0.900. The van der Waals surface area contributed by atoms with E-state index < -0.39 is 12.0 Å². The van der Waals surface area contributed by atoms with Crippen molar-refractivity contribution < 1.29 is 48.0 Å². The molecule has 252 valence electrons. The zero-order valence-corrected chi connectivity index (χ0v) is 26.4. The van der Waals surface area contributed by atoms with Gasteiger partial charge in [-0.2, -0.15) is 0 Å². The SMILES string of the molecule is O=C(CCOCCOCCOCCOCCN1C(=O)C2=C(CCC=C2)C1=O)NC(Cc1ccc(O)cc1)C(=O)OCc1ccccc1. The fourth-order valence-corrected chi connectivity index (χ4v) is 4.93. The molecule has 12 heteroatoms. The van der Waals surface area contributed by atoms with Gasteiger partial charge in [0.2, 0.25) is 5.91 Å². The van der Waals surface area contributed by atoms with Crippen molar-refractivity contribution in [2.45, 2.75) is 38.3 Å². The van der Waals surface area contributed by atoms with E-state index in [0.717, 1.165) is 17.5 Å². The highest BCUT2D eigenvalue weighted by atomic mass is 16.6. The molecule has 0 spiro atoms. The van der Waals surface area contributed by atoms with Crippen molar-refractivity contribution in [2.75, 3.05) is 59.4 Å². The first-order chi connectivity index (χ1) is 22.9. The number of imide groups is 1. The van der Waals surface area contributed by atoms with Crippen molar-refractivity contribution in [1.82, 2.24) is 10.2 Å². The zero-order valence-electron chi connectivity index (χ0n) is 26.4. The van der Waals surface area contributed by atoms with Crippen LogP contribution in [0.15, 0.2) is 77.9 Å². The number of rotatable bonds is 21. The molecular formula is C35H42N2O10. The molecule has 1 aliphatic heterocycles. The van der Waals surface area contributed by atoms with Gasteiger partial charge in [-0.3, -0.25) is 19.3 Å². The van der Waals surface area contributed by atoms with Gasteiger partial charge in [-0.1, -0.05) is 54.6 Å². The standard InChI is InChI=1S/C35H42N2O10/c38-28-12-10-26(11-13-28)24-31(35(42)47-25-27-6-2-1-3-7-27)36-32(39)14-16-43-18-20-45-22-23-46-21-19-44-17-15-37-33(40)29-8-4-5-9-30(29)34(37)41/h1-4,6-8,10-13,31,38H,5,9,14-25H2,(H,36,39). The van der Waals surface area contributed by atoms with Crippen LogP contribution >= 0.6 is 0 Å². The number of amides is 3. The van der Waals surface area contributed by atoms with Crippen molar-refractivity contribution in [3.8, 4) is 5.75 Å². The molecule has 0 fully saturated rings. The Hall–Kier alpha value is -4.36. The molecule has 2 aromatic carbocycles.